The van der Waals surface area contributed by atoms with Gasteiger partial charge in [-0.05, 0) is 54.8 Å². The van der Waals surface area contributed by atoms with Gasteiger partial charge in [-0.3, -0.25) is 14.3 Å². The van der Waals surface area contributed by atoms with Crippen molar-refractivity contribution in [2.75, 3.05) is 44.7 Å². The van der Waals surface area contributed by atoms with E-state index >= 15 is 0 Å². The molecular weight excluding hydrogens is 426 g/mol. The third-order valence-corrected chi connectivity index (χ3v) is 6.78. The molecule has 34 heavy (non-hydrogen) atoms. The molecule has 1 N–H and O–H groups in total. The Kier molecular flexibility index (Phi) is 6.69. The maximum absolute atomic E-state index is 11.2. The van der Waals surface area contributed by atoms with Crippen molar-refractivity contribution in [1.82, 2.24) is 29.5 Å². The summed E-state index contributed by atoms with van der Waals surface area (Å²) < 4.78 is 1.94. The number of aromatic amines is 1. The molecule has 1 aliphatic heterocycles. The number of aromatic nitrogens is 4. The van der Waals surface area contributed by atoms with Crippen molar-refractivity contribution in [2.24, 2.45) is 0 Å². The van der Waals surface area contributed by atoms with Gasteiger partial charge in [0.25, 0.3) is 0 Å². The van der Waals surface area contributed by atoms with Gasteiger partial charge < -0.3 is 14.8 Å². The van der Waals surface area contributed by atoms with Crippen LogP contribution in [-0.4, -0.2) is 75.7 Å². The van der Waals surface area contributed by atoms with E-state index in [1.54, 1.807) is 17.6 Å². The maximum atomic E-state index is 11.2. The first-order chi connectivity index (χ1) is 16.7. The molecule has 176 valence electrons. The second kappa shape index (κ2) is 10.2. The van der Waals surface area contributed by atoms with Crippen LogP contribution in [0.2, 0.25) is 0 Å². The summed E-state index contributed by atoms with van der Waals surface area (Å²) in [6.07, 6.45) is 8.67. The number of benzene rings is 2. The van der Waals surface area contributed by atoms with Gasteiger partial charge in [-0.1, -0.05) is 18.2 Å². The van der Waals surface area contributed by atoms with Crippen molar-refractivity contribution in [1.29, 1.82) is 0 Å². The largest absolute Gasteiger partial charge is 0.361 e. The molecule has 2 aromatic heterocycles. The zero-order chi connectivity index (χ0) is 23.3. The van der Waals surface area contributed by atoms with Crippen LogP contribution in [0.3, 0.4) is 0 Å². The molecule has 0 saturated carbocycles. The fourth-order valence-corrected chi connectivity index (χ4v) is 4.82. The molecule has 0 unspecified atom stereocenters. The van der Waals surface area contributed by atoms with Crippen molar-refractivity contribution in [3.63, 3.8) is 0 Å². The Morgan fingerprint density at radius 2 is 1.76 bits per heavy atom. The summed E-state index contributed by atoms with van der Waals surface area (Å²) in [6, 6.07) is 14.6. The number of carbonyl (C=O) groups is 1. The van der Waals surface area contributed by atoms with Gasteiger partial charge in [-0.2, -0.15) is 0 Å². The molecular formula is C26H31N7O. The lowest BCUT2D eigenvalue weighted by Gasteiger charge is -2.35. The monoisotopic (exact) mass is 457 g/mol. The van der Waals surface area contributed by atoms with Crippen LogP contribution in [0.1, 0.15) is 17.5 Å². The molecule has 2 aromatic carbocycles. The number of anilines is 1. The second-order valence-corrected chi connectivity index (χ2v) is 8.98. The number of carbonyl (C=O) groups excluding carboxylic acids is 1. The lowest BCUT2D eigenvalue weighted by Crippen LogP contribution is -2.46. The number of hydrogen-bond donors (Lipinski definition) is 1. The zero-order valence-electron chi connectivity index (χ0n) is 19.6. The Balaban J connectivity index is 1.13. The summed E-state index contributed by atoms with van der Waals surface area (Å²) >= 11 is 0. The van der Waals surface area contributed by atoms with Crippen LogP contribution in [0.15, 0.2) is 61.3 Å². The molecule has 4 aromatic rings. The van der Waals surface area contributed by atoms with Crippen LogP contribution in [0.4, 0.5) is 5.69 Å². The molecule has 0 atom stereocenters. The van der Waals surface area contributed by atoms with E-state index in [-0.39, 0.29) is 0 Å². The highest BCUT2D eigenvalue weighted by atomic mass is 16.1. The molecule has 8 nitrogen and oxygen atoms in total. The molecule has 0 radical (unpaired) electrons. The number of fused-ring (bicyclic) bond motifs is 1. The van der Waals surface area contributed by atoms with E-state index in [4.69, 9.17) is 0 Å². The van der Waals surface area contributed by atoms with Crippen LogP contribution in [-0.2, 0) is 17.8 Å². The number of rotatable bonds is 9. The Hall–Kier alpha value is -3.49. The summed E-state index contributed by atoms with van der Waals surface area (Å²) in [5.41, 5.74) is 5.80. The van der Waals surface area contributed by atoms with Crippen LogP contribution >= 0.6 is 0 Å². The smallest absolute Gasteiger partial charge is 0.213 e. The highest BCUT2D eigenvalue weighted by Gasteiger charge is 2.18. The van der Waals surface area contributed by atoms with Gasteiger partial charge in [0, 0.05) is 68.2 Å². The number of piperazine rings is 1. The van der Waals surface area contributed by atoms with Crippen molar-refractivity contribution in [3.05, 3.63) is 72.4 Å². The van der Waals surface area contributed by atoms with Gasteiger partial charge in [0.2, 0.25) is 6.41 Å². The number of amides is 1. The van der Waals surface area contributed by atoms with Crippen molar-refractivity contribution in [2.45, 2.75) is 19.4 Å². The summed E-state index contributed by atoms with van der Waals surface area (Å²) in [5.74, 6) is 0. The summed E-state index contributed by atoms with van der Waals surface area (Å²) in [6.45, 7) is 6.25. The van der Waals surface area contributed by atoms with E-state index in [2.05, 4.69) is 55.4 Å². The van der Waals surface area contributed by atoms with Crippen molar-refractivity contribution >= 4 is 23.0 Å². The average molecular weight is 458 g/mol. The predicted molar refractivity (Wildman–Crippen MR) is 134 cm³/mol. The van der Waals surface area contributed by atoms with Gasteiger partial charge in [-0.25, -0.2) is 0 Å². The minimum atomic E-state index is 0.875. The number of H-pyrrole nitrogens is 1. The highest BCUT2D eigenvalue weighted by molar-refractivity contribution is 5.85. The number of nitrogens with zero attached hydrogens (tertiary/aromatic N) is 6. The minimum Gasteiger partial charge on any atom is -0.361 e. The van der Waals surface area contributed by atoms with Crippen LogP contribution in [0.25, 0.3) is 16.6 Å². The van der Waals surface area contributed by atoms with Gasteiger partial charge in [0.15, 0.2) is 0 Å². The van der Waals surface area contributed by atoms with E-state index in [9.17, 15) is 4.79 Å². The Morgan fingerprint density at radius 1 is 1.00 bits per heavy atom. The van der Waals surface area contributed by atoms with Crippen LogP contribution in [0.5, 0.6) is 0 Å². The zero-order valence-corrected chi connectivity index (χ0v) is 19.6. The molecule has 1 amide bonds. The van der Waals surface area contributed by atoms with E-state index in [0.29, 0.717) is 0 Å². The Bertz CT molecular complexity index is 1230. The van der Waals surface area contributed by atoms with E-state index in [1.165, 1.54) is 22.0 Å². The SMILES string of the molecule is CN(C=O)c1ccccc1CN1CCN(CCCc2c[nH]c3ccc(-n4cnnc4)cc23)CC1. The van der Waals surface area contributed by atoms with Gasteiger partial charge >= 0.3 is 0 Å². The standard InChI is InChI=1S/C26H31N7O/c1-30(20-34)26-7-3-2-5-22(26)17-32-13-11-31(12-14-32)10-4-6-21-16-27-25-9-8-23(15-24(21)25)33-18-28-29-19-33/h2-3,5,7-9,15-16,18-20,27H,4,6,10-14,17H2,1H3. The normalized spacial score (nSPS) is 15.1. The van der Waals surface area contributed by atoms with E-state index in [0.717, 1.165) is 69.9 Å². The predicted octanol–water partition coefficient (Wildman–Crippen LogP) is 3.09. The molecule has 1 fully saturated rings. The first-order valence-electron chi connectivity index (χ1n) is 11.9. The number of nitrogens with one attached hydrogen (secondary N) is 1. The third-order valence-electron chi connectivity index (χ3n) is 6.78. The Morgan fingerprint density at radius 3 is 2.56 bits per heavy atom. The molecule has 8 heteroatoms. The second-order valence-electron chi connectivity index (χ2n) is 8.98. The average Bonchev–Trinajstić information content (AvgIpc) is 3.55. The molecule has 1 aliphatic rings. The van der Waals surface area contributed by atoms with Crippen LogP contribution < -0.4 is 4.90 Å². The summed E-state index contributed by atoms with van der Waals surface area (Å²) in [7, 11) is 1.81. The first-order valence-corrected chi connectivity index (χ1v) is 11.9. The lowest BCUT2D eigenvalue weighted by atomic mass is 10.1. The van der Waals surface area contributed by atoms with Crippen LogP contribution in [0, 0.1) is 0 Å². The minimum absolute atomic E-state index is 0.875. The number of aryl methyl sites for hydroxylation is 1. The topological polar surface area (TPSA) is 73.3 Å². The Labute approximate surface area is 199 Å². The number of hydrogen-bond acceptors (Lipinski definition) is 5. The fraction of sp³-hybridized carbons (Fsp3) is 0.346. The van der Waals surface area contributed by atoms with Crippen molar-refractivity contribution in [3.8, 4) is 5.69 Å². The maximum Gasteiger partial charge on any atom is 0.213 e. The van der Waals surface area contributed by atoms with Gasteiger partial charge in [-0.15, -0.1) is 10.2 Å². The van der Waals surface area contributed by atoms with Gasteiger partial charge in [0.05, 0.1) is 0 Å². The molecule has 1 saturated heterocycles. The third kappa shape index (κ3) is 4.88. The number of para-hydroxylation sites is 1. The first kappa shape index (κ1) is 22.3. The quantitative estimate of drug-likeness (QED) is 0.391. The van der Waals surface area contributed by atoms with Crippen molar-refractivity contribution < 1.29 is 4.79 Å². The van der Waals surface area contributed by atoms with E-state index < -0.39 is 0 Å². The molecule has 0 spiro atoms. The summed E-state index contributed by atoms with van der Waals surface area (Å²) in [5, 5.41) is 9.10. The lowest BCUT2D eigenvalue weighted by molar-refractivity contribution is -0.107. The molecule has 0 bridgehead atoms. The molecule has 0 aliphatic carbocycles. The van der Waals surface area contributed by atoms with Gasteiger partial charge in [0.1, 0.15) is 12.7 Å². The molecule has 5 rings (SSSR count). The van der Waals surface area contributed by atoms with E-state index in [1.807, 2.05) is 29.8 Å². The highest BCUT2D eigenvalue weighted by Crippen LogP contribution is 2.24. The summed E-state index contributed by atoms with van der Waals surface area (Å²) in [4.78, 5) is 21.3. The fourth-order valence-electron chi connectivity index (χ4n) is 4.82. The molecule has 3 heterocycles.